The summed E-state index contributed by atoms with van der Waals surface area (Å²) in [5.74, 6) is -2.54. The van der Waals surface area contributed by atoms with Gasteiger partial charge in [-0.05, 0) is 63.1 Å². The number of rotatable bonds is 8. The van der Waals surface area contributed by atoms with E-state index in [0.29, 0.717) is 42.8 Å². The van der Waals surface area contributed by atoms with Crippen LogP contribution in [0.4, 0.5) is 10.1 Å². The lowest BCUT2D eigenvalue weighted by Crippen LogP contribution is -2.42. The van der Waals surface area contributed by atoms with Crippen molar-refractivity contribution in [2.24, 2.45) is 4.99 Å². The maximum absolute atomic E-state index is 13.7. The highest BCUT2D eigenvalue weighted by atomic mass is 35.5. The van der Waals surface area contributed by atoms with Gasteiger partial charge in [-0.1, -0.05) is 11.6 Å². The second-order valence-electron chi connectivity index (χ2n) is 8.50. The van der Waals surface area contributed by atoms with E-state index in [1.54, 1.807) is 24.7 Å². The maximum atomic E-state index is 13.7. The number of carbonyl (C=O) groups is 3. The second-order valence-corrected chi connectivity index (χ2v) is 8.94. The van der Waals surface area contributed by atoms with Gasteiger partial charge in [0.1, 0.15) is 11.5 Å². The number of ketones is 1. The standard InChI is InChI=1S/C24H25ClFN5O3/c1-13-19(21(32)23(34)30-24(6-7-24)18(28-3)12-27-2)17-5-4-8-31(17)20(13)22(33)29-16-10-14(25)9-15(26)11-16/h9-12,27H,3-8H2,1-2H3,(H,29,33)(H,30,34)/b18-12-. The van der Waals surface area contributed by atoms with Crippen LogP contribution in [0.3, 0.4) is 0 Å². The van der Waals surface area contributed by atoms with Crippen molar-refractivity contribution in [1.82, 2.24) is 15.2 Å². The molecule has 0 saturated heterocycles. The van der Waals surface area contributed by atoms with E-state index >= 15 is 0 Å². The fourth-order valence-corrected chi connectivity index (χ4v) is 4.78. The molecule has 2 amide bonds. The predicted octanol–water partition coefficient (Wildman–Crippen LogP) is 3.38. The van der Waals surface area contributed by atoms with Crippen LogP contribution >= 0.6 is 11.6 Å². The Labute approximate surface area is 201 Å². The van der Waals surface area contributed by atoms with Gasteiger partial charge in [0.05, 0.1) is 16.8 Å². The fourth-order valence-electron chi connectivity index (χ4n) is 4.56. The molecule has 8 nitrogen and oxygen atoms in total. The zero-order chi connectivity index (χ0) is 24.6. The number of benzene rings is 1. The number of anilines is 1. The molecule has 10 heteroatoms. The number of hydrogen-bond donors (Lipinski definition) is 3. The van der Waals surface area contributed by atoms with Crippen molar-refractivity contribution in [3.05, 3.63) is 63.5 Å². The lowest BCUT2D eigenvalue weighted by atomic mass is 10.0. The van der Waals surface area contributed by atoms with Crippen LogP contribution in [0.15, 0.2) is 35.1 Å². The zero-order valence-corrected chi connectivity index (χ0v) is 19.7. The number of fused-ring (bicyclic) bond motifs is 1. The molecule has 0 bridgehead atoms. The first-order valence-electron chi connectivity index (χ1n) is 10.9. The molecule has 1 aromatic carbocycles. The third-order valence-electron chi connectivity index (χ3n) is 6.22. The quantitative estimate of drug-likeness (QED) is 0.303. The summed E-state index contributed by atoms with van der Waals surface area (Å²) in [4.78, 5) is 43.4. The van der Waals surface area contributed by atoms with Gasteiger partial charge in [0.25, 0.3) is 17.6 Å². The number of amides is 2. The average Bonchev–Trinajstić information content (AvgIpc) is 3.29. The Bertz CT molecular complexity index is 1230. The van der Waals surface area contributed by atoms with E-state index in [4.69, 9.17) is 11.6 Å². The van der Waals surface area contributed by atoms with E-state index in [9.17, 15) is 18.8 Å². The van der Waals surface area contributed by atoms with Gasteiger partial charge < -0.3 is 20.5 Å². The first kappa shape index (κ1) is 23.7. The summed E-state index contributed by atoms with van der Waals surface area (Å²) in [5, 5.41) is 8.48. The minimum Gasteiger partial charge on any atom is -0.392 e. The Kier molecular flexibility index (Phi) is 6.31. The molecule has 0 spiro atoms. The number of hydrogen-bond acceptors (Lipinski definition) is 5. The van der Waals surface area contributed by atoms with Crippen molar-refractivity contribution < 1.29 is 18.8 Å². The molecule has 1 fully saturated rings. The summed E-state index contributed by atoms with van der Waals surface area (Å²) in [7, 11) is 1.71. The Balaban J connectivity index is 1.62. The lowest BCUT2D eigenvalue weighted by molar-refractivity contribution is -0.117. The van der Waals surface area contributed by atoms with Gasteiger partial charge in [0, 0.05) is 36.2 Å². The van der Waals surface area contributed by atoms with Crippen LogP contribution in [0.25, 0.3) is 0 Å². The van der Waals surface area contributed by atoms with E-state index in [1.165, 1.54) is 6.07 Å². The molecule has 3 N–H and O–H groups in total. The largest absolute Gasteiger partial charge is 0.392 e. The number of Topliss-reactive ketones (excluding diaryl/α,β-unsaturated/α-hetero) is 1. The highest BCUT2D eigenvalue weighted by Gasteiger charge is 2.49. The van der Waals surface area contributed by atoms with Crippen LogP contribution < -0.4 is 16.0 Å². The summed E-state index contributed by atoms with van der Waals surface area (Å²) in [6.45, 7) is 5.73. The van der Waals surface area contributed by atoms with Gasteiger partial charge in [-0.15, -0.1) is 0 Å². The molecule has 1 saturated carbocycles. The monoisotopic (exact) mass is 485 g/mol. The minimum atomic E-state index is -0.754. The van der Waals surface area contributed by atoms with Gasteiger partial charge in [-0.3, -0.25) is 19.4 Å². The first-order valence-corrected chi connectivity index (χ1v) is 11.3. The fraction of sp³-hybridized carbons (Fsp3) is 0.333. The Morgan fingerprint density at radius 3 is 2.62 bits per heavy atom. The van der Waals surface area contributed by atoms with E-state index in [0.717, 1.165) is 18.6 Å². The van der Waals surface area contributed by atoms with Crippen LogP contribution in [0.2, 0.25) is 5.02 Å². The molecule has 2 aliphatic rings. The van der Waals surface area contributed by atoms with Gasteiger partial charge >= 0.3 is 0 Å². The number of nitrogens with zero attached hydrogens (tertiary/aromatic N) is 2. The summed E-state index contributed by atoms with van der Waals surface area (Å²) >= 11 is 5.89. The van der Waals surface area contributed by atoms with E-state index in [1.807, 2.05) is 0 Å². The highest BCUT2D eigenvalue weighted by Crippen LogP contribution is 2.42. The summed E-state index contributed by atoms with van der Waals surface area (Å²) < 4.78 is 15.5. The first-order chi connectivity index (χ1) is 16.2. The average molecular weight is 486 g/mol. The number of aromatic nitrogens is 1. The van der Waals surface area contributed by atoms with Crippen LogP contribution in [0.5, 0.6) is 0 Å². The Morgan fingerprint density at radius 2 is 2.00 bits per heavy atom. The van der Waals surface area contributed by atoms with Crippen molar-refractivity contribution in [3.8, 4) is 0 Å². The van der Waals surface area contributed by atoms with Crippen molar-refractivity contribution in [1.29, 1.82) is 0 Å². The van der Waals surface area contributed by atoms with E-state index in [2.05, 4.69) is 27.7 Å². The molecule has 1 aliphatic heterocycles. The van der Waals surface area contributed by atoms with Crippen molar-refractivity contribution >= 4 is 41.6 Å². The molecule has 1 aliphatic carbocycles. The Hall–Kier alpha value is -3.46. The molecule has 2 aromatic rings. The maximum Gasteiger partial charge on any atom is 0.293 e. The van der Waals surface area contributed by atoms with Gasteiger partial charge in [0.2, 0.25) is 0 Å². The number of nitrogens with one attached hydrogen (secondary N) is 3. The van der Waals surface area contributed by atoms with Crippen LogP contribution in [0, 0.1) is 12.7 Å². The third-order valence-corrected chi connectivity index (χ3v) is 6.44. The molecule has 1 aromatic heterocycles. The SMILES string of the molecule is C=N/C(=C\NC)C1(NC(=O)C(=O)c2c(C)c(C(=O)Nc3cc(F)cc(Cl)c3)n3c2CCC3)CC1. The van der Waals surface area contributed by atoms with Gasteiger partial charge in [0.15, 0.2) is 0 Å². The summed E-state index contributed by atoms with van der Waals surface area (Å²) in [6, 6.07) is 3.73. The molecule has 4 rings (SSSR count). The molecule has 0 atom stereocenters. The number of carbonyl (C=O) groups excluding carboxylic acids is 3. The molecular formula is C24H25ClFN5O3. The zero-order valence-electron chi connectivity index (χ0n) is 18.9. The third kappa shape index (κ3) is 4.23. The number of halogens is 2. The summed E-state index contributed by atoms with van der Waals surface area (Å²) in [6.07, 6.45) is 4.25. The van der Waals surface area contributed by atoms with Gasteiger partial charge in [-0.2, -0.15) is 0 Å². The molecule has 2 heterocycles. The van der Waals surface area contributed by atoms with Crippen molar-refractivity contribution in [2.75, 3.05) is 12.4 Å². The molecule has 178 valence electrons. The van der Waals surface area contributed by atoms with Gasteiger partial charge in [-0.25, -0.2) is 4.39 Å². The topological polar surface area (TPSA) is 105 Å². The Morgan fingerprint density at radius 1 is 1.26 bits per heavy atom. The second kappa shape index (κ2) is 9.06. The number of aliphatic imine (C=N–C) groups is 1. The minimum absolute atomic E-state index is 0.148. The van der Waals surface area contributed by atoms with Crippen molar-refractivity contribution in [2.45, 2.75) is 44.7 Å². The van der Waals surface area contributed by atoms with Crippen LogP contribution in [-0.4, -0.2) is 41.5 Å². The highest BCUT2D eigenvalue weighted by molar-refractivity contribution is 6.44. The van der Waals surface area contributed by atoms with Crippen LogP contribution in [-0.2, 0) is 17.8 Å². The smallest absolute Gasteiger partial charge is 0.293 e. The van der Waals surface area contributed by atoms with Crippen LogP contribution in [0.1, 0.15) is 51.4 Å². The predicted molar refractivity (Wildman–Crippen MR) is 128 cm³/mol. The normalized spacial score (nSPS) is 15.9. The molecule has 0 unspecified atom stereocenters. The van der Waals surface area contributed by atoms with E-state index < -0.39 is 29.0 Å². The van der Waals surface area contributed by atoms with E-state index in [-0.39, 0.29) is 22.0 Å². The molecule has 0 radical (unpaired) electrons. The lowest BCUT2D eigenvalue weighted by Gasteiger charge is -2.17. The summed E-state index contributed by atoms with van der Waals surface area (Å²) in [5.41, 5.74) is 1.61. The van der Waals surface area contributed by atoms with Crippen molar-refractivity contribution in [3.63, 3.8) is 0 Å². The molecule has 34 heavy (non-hydrogen) atoms. The molecular weight excluding hydrogens is 461 g/mol.